The van der Waals surface area contributed by atoms with Gasteiger partial charge < -0.3 is 5.73 Å². The Kier molecular flexibility index (Phi) is 1.94. The molecule has 3 aromatic rings. The predicted molar refractivity (Wildman–Crippen MR) is 63.5 cm³/mol. The lowest BCUT2D eigenvalue weighted by molar-refractivity contribution is 0.905. The van der Waals surface area contributed by atoms with E-state index in [1.165, 1.54) is 10.6 Å². The quantitative estimate of drug-likeness (QED) is 0.639. The first-order valence-electron chi connectivity index (χ1n) is 5.04. The average molecular weight is 227 g/mol. The summed E-state index contributed by atoms with van der Waals surface area (Å²) in [6.07, 6.45) is 1.66. The molecule has 0 aliphatic rings. The minimum atomic E-state index is -0.215. The number of nitrogens with two attached hydrogens (primary N) is 1. The monoisotopic (exact) mass is 227 g/mol. The zero-order valence-electron chi connectivity index (χ0n) is 8.79. The van der Waals surface area contributed by atoms with Crippen molar-refractivity contribution in [2.24, 2.45) is 0 Å². The fraction of sp³-hybridized carbons (Fsp3) is 0. The third-order valence-corrected chi connectivity index (χ3v) is 2.40. The van der Waals surface area contributed by atoms with Crippen molar-refractivity contribution in [3.05, 3.63) is 46.9 Å². The maximum Gasteiger partial charge on any atom is 0.273 e. The van der Waals surface area contributed by atoms with Gasteiger partial charge in [-0.1, -0.05) is 6.07 Å². The van der Waals surface area contributed by atoms with Crippen molar-refractivity contribution in [2.75, 3.05) is 5.73 Å². The summed E-state index contributed by atoms with van der Waals surface area (Å²) in [5.74, 6) is 0.396. The molecule has 0 spiro atoms. The smallest absolute Gasteiger partial charge is 0.273 e. The van der Waals surface area contributed by atoms with Crippen LogP contribution in [-0.2, 0) is 0 Å². The third kappa shape index (κ3) is 1.55. The van der Waals surface area contributed by atoms with Gasteiger partial charge in [0, 0.05) is 18.3 Å². The van der Waals surface area contributed by atoms with Crippen LogP contribution < -0.4 is 11.3 Å². The van der Waals surface area contributed by atoms with Crippen LogP contribution in [0.5, 0.6) is 0 Å². The number of nitrogens with one attached hydrogen (secondary N) is 1. The Hall–Kier alpha value is -2.63. The molecule has 6 heteroatoms. The van der Waals surface area contributed by atoms with E-state index in [4.69, 9.17) is 5.73 Å². The first kappa shape index (κ1) is 9.59. The van der Waals surface area contributed by atoms with Crippen LogP contribution in [0.1, 0.15) is 0 Å². The molecule has 0 aliphatic heterocycles. The summed E-state index contributed by atoms with van der Waals surface area (Å²) < 4.78 is 1.29. The number of H-pyrrole nitrogens is 1. The Morgan fingerprint density at radius 1 is 1.24 bits per heavy atom. The molecule has 6 nitrogen and oxygen atoms in total. The molecule has 0 aromatic carbocycles. The zero-order valence-corrected chi connectivity index (χ0v) is 8.79. The summed E-state index contributed by atoms with van der Waals surface area (Å²) in [5, 5.41) is 2.70. The average Bonchev–Trinajstić information content (AvgIpc) is 2.71. The number of hydrogen-bond acceptors (Lipinski definition) is 4. The van der Waals surface area contributed by atoms with Crippen LogP contribution >= 0.6 is 0 Å². The van der Waals surface area contributed by atoms with E-state index in [0.29, 0.717) is 22.9 Å². The van der Waals surface area contributed by atoms with Crippen molar-refractivity contribution >= 4 is 11.5 Å². The van der Waals surface area contributed by atoms with Gasteiger partial charge in [-0.15, -0.1) is 0 Å². The minimum absolute atomic E-state index is 0.215. The summed E-state index contributed by atoms with van der Waals surface area (Å²) in [5.41, 5.74) is 7.04. The van der Waals surface area contributed by atoms with Gasteiger partial charge in [-0.05, 0) is 12.1 Å². The van der Waals surface area contributed by atoms with Gasteiger partial charge in [0.05, 0.1) is 11.4 Å². The van der Waals surface area contributed by atoms with E-state index in [9.17, 15) is 4.79 Å². The number of pyridine rings is 1. The van der Waals surface area contributed by atoms with E-state index >= 15 is 0 Å². The first-order valence-corrected chi connectivity index (χ1v) is 5.04. The fourth-order valence-corrected chi connectivity index (χ4v) is 1.66. The number of hydrogen-bond donors (Lipinski definition) is 2. The largest absolute Gasteiger partial charge is 0.384 e. The molecule has 0 bridgehead atoms. The Balaban J connectivity index is 2.29. The second-order valence-electron chi connectivity index (χ2n) is 3.60. The molecule has 84 valence electrons. The molecule has 0 radical (unpaired) electrons. The molecule has 0 unspecified atom stereocenters. The van der Waals surface area contributed by atoms with Crippen molar-refractivity contribution in [1.82, 2.24) is 19.6 Å². The normalized spacial score (nSPS) is 10.8. The van der Waals surface area contributed by atoms with Crippen LogP contribution in [0, 0.1) is 0 Å². The van der Waals surface area contributed by atoms with E-state index in [0.717, 1.165) is 0 Å². The molecule has 17 heavy (non-hydrogen) atoms. The van der Waals surface area contributed by atoms with Gasteiger partial charge in [0.2, 0.25) is 0 Å². The highest BCUT2D eigenvalue weighted by Crippen LogP contribution is 2.13. The van der Waals surface area contributed by atoms with Gasteiger partial charge in [0.1, 0.15) is 5.82 Å². The first-order chi connectivity index (χ1) is 8.24. The predicted octanol–water partition coefficient (Wildman–Crippen LogP) is 0.667. The topological polar surface area (TPSA) is 89.1 Å². The number of rotatable bonds is 1. The summed E-state index contributed by atoms with van der Waals surface area (Å²) in [7, 11) is 0. The van der Waals surface area contributed by atoms with Gasteiger partial charge in [0.15, 0.2) is 5.65 Å². The fourth-order valence-electron chi connectivity index (χ4n) is 1.66. The molecule has 3 heterocycles. The van der Waals surface area contributed by atoms with Crippen molar-refractivity contribution in [2.45, 2.75) is 0 Å². The molecule has 3 N–H and O–H groups in total. The van der Waals surface area contributed by atoms with E-state index in [2.05, 4.69) is 15.1 Å². The van der Waals surface area contributed by atoms with Crippen molar-refractivity contribution < 1.29 is 0 Å². The van der Waals surface area contributed by atoms with Crippen molar-refractivity contribution in [3.8, 4) is 11.4 Å². The van der Waals surface area contributed by atoms with Gasteiger partial charge in [0.25, 0.3) is 5.56 Å². The van der Waals surface area contributed by atoms with E-state index in [-0.39, 0.29) is 5.56 Å². The Morgan fingerprint density at radius 2 is 2.12 bits per heavy atom. The standard InChI is InChI=1S/C11H9N5O/c12-9-6-10-14-8(5-11(17)16(10)15-9)7-3-1-2-4-13-7/h1-6,15H,12H2. The molecule has 0 fully saturated rings. The summed E-state index contributed by atoms with van der Waals surface area (Å²) >= 11 is 0. The number of aromatic nitrogens is 4. The van der Waals surface area contributed by atoms with Crippen molar-refractivity contribution in [3.63, 3.8) is 0 Å². The molecule has 0 amide bonds. The molecule has 3 aromatic heterocycles. The zero-order chi connectivity index (χ0) is 11.8. The van der Waals surface area contributed by atoms with Crippen LogP contribution in [0.25, 0.3) is 17.0 Å². The highest BCUT2D eigenvalue weighted by molar-refractivity contribution is 5.58. The SMILES string of the molecule is Nc1cc2nc(-c3ccccn3)cc(=O)n2[nH]1. The lowest BCUT2D eigenvalue weighted by Crippen LogP contribution is -2.14. The highest BCUT2D eigenvalue weighted by atomic mass is 16.1. The second kappa shape index (κ2) is 3.44. The molecule has 0 saturated carbocycles. The number of fused-ring (bicyclic) bond motifs is 1. The summed E-state index contributed by atoms with van der Waals surface area (Å²) in [6, 6.07) is 8.48. The number of nitrogen functional groups attached to an aromatic ring is 1. The van der Waals surface area contributed by atoms with E-state index < -0.39 is 0 Å². The van der Waals surface area contributed by atoms with E-state index in [1.807, 2.05) is 12.1 Å². The molecule has 0 atom stereocenters. The molecule has 0 saturated heterocycles. The van der Waals surface area contributed by atoms with Gasteiger partial charge >= 0.3 is 0 Å². The Labute approximate surface area is 95.7 Å². The van der Waals surface area contributed by atoms with Gasteiger partial charge in [-0.2, -0.15) is 4.52 Å². The maximum atomic E-state index is 11.8. The van der Waals surface area contributed by atoms with Crippen LogP contribution in [-0.4, -0.2) is 19.6 Å². The van der Waals surface area contributed by atoms with Gasteiger partial charge in [-0.25, -0.2) is 4.98 Å². The lowest BCUT2D eigenvalue weighted by Gasteiger charge is -1.99. The third-order valence-electron chi connectivity index (χ3n) is 2.40. The van der Waals surface area contributed by atoms with Crippen LogP contribution in [0.15, 0.2) is 41.3 Å². The summed E-state index contributed by atoms with van der Waals surface area (Å²) in [4.78, 5) is 20.3. The second-order valence-corrected chi connectivity index (χ2v) is 3.60. The van der Waals surface area contributed by atoms with Crippen LogP contribution in [0.3, 0.4) is 0 Å². The summed E-state index contributed by atoms with van der Waals surface area (Å²) in [6.45, 7) is 0. The molecule has 0 aliphatic carbocycles. The minimum Gasteiger partial charge on any atom is -0.384 e. The van der Waals surface area contributed by atoms with E-state index in [1.54, 1.807) is 18.3 Å². The van der Waals surface area contributed by atoms with Gasteiger partial charge in [-0.3, -0.25) is 14.9 Å². The van der Waals surface area contributed by atoms with Crippen LogP contribution in [0.2, 0.25) is 0 Å². The number of nitrogens with zero attached hydrogens (tertiary/aromatic N) is 3. The number of anilines is 1. The lowest BCUT2D eigenvalue weighted by atomic mass is 10.2. The highest BCUT2D eigenvalue weighted by Gasteiger charge is 2.06. The maximum absolute atomic E-state index is 11.8. The molecular weight excluding hydrogens is 218 g/mol. The van der Waals surface area contributed by atoms with Crippen molar-refractivity contribution in [1.29, 1.82) is 0 Å². The number of aromatic amines is 1. The van der Waals surface area contributed by atoms with Crippen LogP contribution in [0.4, 0.5) is 5.82 Å². The Bertz CT molecular complexity index is 728. The Morgan fingerprint density at radius 3 is 2.88 bits per heavy atom. The molecule has 3 rings (SSSR count). The molecular formula is C11H9N5O.